The van der Waals surface area contributed by atoms with E-state index in [0.29, 0.717) is 46.8 Å². The van der Waals surface area contributed by atoms with Crippen LogP contribution in [0.2, 0.25) is 5.02 Å². The molecule has 37 heavy (non-hydrogen) atoms. The van der Waals surface area contributed by atoms with Gasteiger partial charge in [0.2, 0.25) is 0 Å². The van der Waals surface area contributed by atoms with Gasteiger partial charge >= 0.3 is 5.97 Å². The highest BCUT2D eigenvalue weighted by atomic mass is 35.5. The van der Waals surface area contributed by atoms with Crippen molar-refractivity contribution in [2.24, 2.45) is 5.73 Å². The van der Waals surface area contributed by atoms with Crippen molar-refractivity contribution in [1.82, 2.24) is 25.0 Å². The van der Waals surface area contributed by atoms with Crippen molar-refractivity contribution in [2.75, 3.05) is 11.5 Å². The first-order valence-electron chi connectivity index (χ1n) is 11.9. The number of allylic oxidation sites excluding steroid dienone is 2. The number of hydrogen-bond donors (Lipinski definition) is 1. The van der Waals surface area contributed by atoms with Crippen LogP contribution in [-0.4, -0.2) is 43.4 Å². The summed E-state index contributed by atoms with van der Waals surface area (Å²) in [7, 11) is 0. The number of pyridine rings is 2. The van der Waals surface area contributed by atoms with Gasteiger partial charge in [-0.2, -0.15) is 4.52 Å². The van der Waals surface area contributed by atoms with E-state index in [9.17, 15) is 9.59 Å². The van der Waals surface area contributed by atoms with Gasteiger partial charge < -0.3 is 10.5 Å². The average molecular weight is 516 g/mol. The second kappa shape index (κ2) is 8.97. The lowest BCUT2D eigenvalue weighted by atomic mass is 9.75. The fourth-order valence-corrected chi connectivity index (χ4v) is 5.48. The maximum Gasteiger partial charge on any atom is 0.338 e. The van der Waals surface area contributed by atoms with Crippen LogP contribution < -0.4 is 10.6 Å². The Morgan fingerprint density at radius 3 is 2.89 bits per heavy atom. The van der Waals surface area contributed by atoms with E-state index in [4.69, 9.17) is 22.1 Å². The number of carbonyl (C=O) groups is 2. The number of ketones is 1. The fourth-order valence-electron chi connectivity index (χ4n) is 5.30. The van der Waals surface area contributed by atoms with E-state index in [1.807, 2.05) is 18.2 Å². The van der Waals surface area contributed by atoms with Gasteiger partial charge in [-0.15, -0.1) is 5.10 Å². The number of fused-ring (bicyclic) bond motifs is 3. The van der Waals surface area contributed by atoms with Crippen LogP contribution >= 0.6 is 11.6 Å². The van der Waals surface area contributed by atoms with E-state index in [1.54, 1.807) is 46.9 Å². The van der Waals surface area contributed by atoms with Gasteiger partial charge in [0.1, 0.15) is 5.82 Å². The Morgan fingerprint density at radius 1 is 1.24 bits per heavy atom. The predicted octanol–water partition coefficient (Wildman–Crippen LogP) is 3.67. The van der Waals surface area contributed by atoms with Crippen molar-refractivity contribution in [3.8, 4) is 0 Å². The van der Waals surface area contributed by atoms with Crippen molar-refractivity contribution in [1.29, 1.82) is 0 Å². The highest BCUT2D eigenvalue weighted by Crippen LogP contribution is 2.47. The number of anilines is 1. The molecule has 0 bridgehead atoms. The van der Waals surface area contributed by atoms with Crippen LogP contribution in [0.4, 0.5) is 5.69 Å². The van der Waals surface area contributed by atoms with Gasteiger partial charge in [-0.05, 0) is 66.6 Å². The van der Waals surface area contributed by atoms with Gasteiger partial charge in [0.05, 0.1) is 35.5 Å². The highest BCUT2D eigenvalue weighted by Gasteiger charge is 2.44. The minimum atomic E-state index is -0.827. The summed E-state index contributed by atoms with van der Waals surface area (Å²) in [6, 6.07) is 10.9. The van der Waals surface area contributed by atoms with E-state index in [2.05, 4.69) is 20.5 Å². The topological polar surface area (TPSA) is 129 Å². The monoisotopic (exact) mass is 515 g/mol. The van der Waals surface area contributed by atoms with Crippen molar-refractivity contribution >= 4 is 45.6 Å². The molecule has 11 heteroatoms. The summed E-state index contributed by atoms with van der Waals surface area (Å²) in [5.74, 6) is -1.32. The largest absolute Gasteiger partial charge is 0.463 e. The number of halogens is 1. The number of benzene rings is 1. The number of rotatable bonds is 4. The Kier molecular flexibility index (Phi) is 5.60. The summed E-state index contributed by atoms with van der Waals surface area (Å²) >= 11 is 6.31. The first-order chi connectivity index (χ1) is 18.0. The first-order valence-corrected chi connectivity index (χ1v) is 12.3. The molecule has 1 aliphatic carbocycles. The summed E-state index contributed by atoms with van der Waals surface area (Å²) in [6.07, 6.45) is 4.92. The molecule has 0 radical (unpaired) electrons. The Hall–Kier alpha value is -4.31. The third-order valence-corrected chi connectivity index (χ3v) is 6.99. The molecule has 186 valence electrons. The lowest BCUT2D eigenvalue weighted by Gasteiger charge is -2.40. The Balaban J connectivity index is 1.69. The number of nitrogens with zero attached hydrogens (tertiary/aromatic N) is 6. The quantitative estimate of drug-likeness (QED) is 0.404. The minimum Gasteiger partial charge on any atom is -0.463 e. The summed E-state index contributed by atoms with van der Waals surface area (Å²) in [5.41, 5.74) is 10.5. The van der Waals surface area contributed by atoms with E-state index in [-0.39, 0.29) is 23.8 Å². The third kappa shape index (κ3) is 3.63. The molecule has 1 aliphatic heterocycles. The third-order valence-electron chi connectivity index (χ3n) is 6.76. The maximum absolute atomic E-state index is 13.6. The second-order valence-corrected chi connectivity index (χ2v) is 9.29. The van der Waals surface area contributed by atoms with E-state index < -0.39 is 11.9 Å². The number of esters is 1. The highest BCUT2D eigenvalue weighted by molar-refractivity contribution is 6.31. The molecule has 1 atom stereocenters. The fraction of sp³-hybridized carbons (Fsp3) is 0.231. The van der Waals surface area contributed by atoms with Crippen molar-refractivity contribution in [3.63, 3.8) is 0 Å². The van der Waals surface area contributed by atoms with Gasteiger partial charge in [-0.1, -0.05) is 11.6 Å². The molecule has 0 spiro atoms. The lowest BCUT2D eigenvalue weighted by Crippen LogP contribution is -2.41. The molecule has 3 aromatic heterocycles. The number of nitrogens with two attached hydrogens (primary N) is 1. The number of tetrazole rings is 1. The Labute approximate surface area is 216 Å². The molecule has 1 aromatic carbocycles. The first kappa shape index (κ1) is 23.1. The predicted molar refractivity (Wildman–Crippen MR) is 136 cm³/mol. The van der Waals surface area contributed by atoms with Crippen LogP contribution in [0.25, 0.3) is 16.6 Å². The second-order valence-electron chi connectivity index (χ2n) is 8.85. The van der Waals surface area contributed by atoms with Gasteiger partial charge in [0.25, 0.3) is 0 Å². The number of Topliss-reactive ketones (excluding diaryl/α,β-unsaturated/α-hetero) is 1. The molecular weight excluding hydrogens is 494 g/mol. The number of aromatic nitrogens is 5. The van der Waals surface area contributed by atoms with Crippen LogP contribution in [-0.2, 0) is 14.3 Å². The van der Waals surface area contributed by atoms with E-state index >= 15 is 0 Å². The summed E-state index contributed by atoms with van der Waals surface area (Å²) < 4.78 is 7.05. The summed E-state index contributed by atoms with van der Waals surface area (Å²) in [6.45, 7) is 1.87. The summed E-state index contributed by atoms with van der Waals surface area (Å²) in [5, 5.41) is 13.6. The van der Waals surface area contributed by atoms with Gasteiger partial charge in [-0.3, -0.25) is 14.7 Å². The standard InChI is InChI=1S/C26H22ClN7O3/c1-2-37-26(36)23-21(17-12-14-11-15(27)8-9-18(14)34-25(17)30-31-32-34)22-19(6-3-7-20(22)35)33(24(23)28)16-5-4-10-29-13-16/h4-5,8-13,21H,2-3,6-7,28H2,1H3. The van der Waals surface area contributed by atoms with Crippen LogP contribution in [0.3, 0.4) is 0 Å². The molecule has 2 N–H and O–H groups in total. The SMILES string of the molecule is CCOC(=O)C1=C(N)N(c2cccnc2)C2=C(C(=O)CCC2)C1c1cc2cc(Cl)ccc2n2nnnc12. The molecule has 0 amide bonds. The zero-order valence-corrected chi connectivity index (χ0v) is 20.6. The Bertz CT molecular complexity index is 1640. The van der Waals surface area contributed by atoms with Gasteiger partial charge in [0, 0.05) is 39.9 Å². The number of ether oxygens (including phenoxy) is 1. The molecule has 0 saturated carbocycles. The number of hydrogen-bond acceptors (Lipinski definition) is 9. The van der Waals surface area contributed by atoms with Crippen molar-refractivity contribution in [2.45, 2.75) is 32.1 Å². The number of carbonyl (C=O) groups excluding carboxylic acids is 2. The van der Waals surface area contributed by atoms with Crippen LogP contribution in [0.5, 0.6) is 0 Å². The van der Waals surface area contributed by atoms with Crippen LogP contribution in [0, 0.1) is 0 Å². The molecule has 2 aliphatic rings. The van der Waals surface area contributed by atoms with Crippen LogP contribution in [0.1, 0.15) is 37.7 Å². The molecule has 1 unspecified atom stereocenters. The van der Waals surface area contributed by atoms with Gasteiger partial charge in [0.15, 0.2) is 11.4 Å². The summed E-state index contributed by atoms with van der Waals surface area (Å²) in [4.78, 5) is 33.1. The van der Waals surface area contributed by atoms with Crippen LogP contribution in [0.15, 0.2) is 71.5 Å². The zero-order valence-electron chi connectivity index (χ0n) is 19.9. The van der Waals surface area contributed by atoms with Gasteiger partial charge in [-0.25, -0.2) is 4.79 Å². The lowest BCUT2D eigenvalue weighted by molar-refractivity contribution is -0.138. The smallest absolute Gasteiger partial charge is 0.338 e. The normalized spacial score (nSPS) is 18.1. The molecule has 0 saturated heterocycles. The molecule has 4 aromatic rings. The van der Waals surface area contributed by atoms with Crippen molar-refractivity contribution < 1.29 is 14.3 Å². The molecule has 6 rings (SSSR count). The van der Waals surface area contributed by atoms with Crippen molar-refractivity contribution in [3.05, 3.63) is 82.0 Å². The molecule has 10 nitrogen and oxygen atoms in total. The Morgan fingerprint density at radius 2 is 2.11 bits per heavy atom. The minimum absolute atomic E-state index is 0.0637. The molecule has 0 fully saturated rings. The molecule has 4 heterocycles. The maximum atomic E-state index is 13.6. The van der Waals surface area contributed by atoms with E-state index in [0.717, 1.165) is 16.6 Å². The average Bonchev–Trinajstić information content (AvgIpc) is 3.38. The molecular formula is C26H22ClN7O3. The van der Waals surface area contributed by atoms with E-state index in [1.165, 1.54) is 0 Å². The zero-order chi connectivity index (χ0) is 25.7.